The molecule has 3 rings (SSSR count). The fraction of sp³-hybridized carbons (Fsp3) is 0.438. The van der Waals surface area contributed by atoms with E-state index in [1.807, 2.05) is 25.2 Å². The molecular weight excluding hydrogens is 266 g/mol. The van der Waals surface area contributed by atoms with Crippen LogP contribution in [0.25, 0.3) is 11.1 Å². The molecule has 1 fully saturated rings. The van der Waals surface area contributed by atoms with Crippen LogP contribution in [0.4, 0.5) is 5.82 Å². The van der Waals surface area contributed by atoms with E-state index in [1.54, 1.807) is 11.8 Å². The molecule has 0 amide bonds. The summed E-state index contributed by atoms with van der Waals surface area (Å²) >= 11 is 0. The van der Waals surface area contributed by atoms with Crippen molar-refractivity contribution < 1.29 is 9.47 Å². The van der Waals surface area contributed by atoms with Crippen LogP contribution in [0, 0.1) is 0 Å². The second-order valence-electron chi connectivity index (χ2n) is 5.39. The van der Waals surface area contributed by atoms with Gasteiger partial charge >= 0.3 is 0 Å². The Morgan fingerprint density at radius 3 is 2.81 bits per heavy atom. The summed E-state index contributed by atoms with van der Waals surface area (Å²) in [4.78, 5) is 0. The largest absolute Gasteiger partial charge is 0.497 e. The highest BCUT2D eigenvalue weighted by atomic mass is 16.5. The quantitative estimate of drug-likeness (QED) is 0.942. The Morgan fingerprint density at radius 2 is 2.10 bits per heavy atom. The van der Waals surface area contributed by atoms with Crippen LogP contribution in [0.3, 0.4) is 0 Å². The molecule has 112 valence electrons. The predicted molar refractivity (Wildman–Crippen MR) is 82.4 cm³/mol. The zero-order chi connectivity index (χ0) is 14.8. The normalized spacial score (nSPS) is 16.1. The second-order valence-corrected chi connectivity index (χ2v) is 5.39. The van der Waals surface area contributed by atoms with E-state index in [2.05, 4.69) is 11.2 Å². The van der Waals surface area contributed by atoms with E-state index in [-0.39, 0.29) is 0 Å². The Hall–Kier alpha value is -2.01. The maximum atomic E-state index is 6.26. The zero-order valence-corrected chi connectivity index (χ0v) is 12.5. The number of aromatic nitrogens is 2. The molecule has 0 saturated carbocycles. The van der Waals surface area contributed by atoms with E-state index >= 15 is 0 Å². The van der Waals surface area contributed by atoms with E-state index in [9.17, 15) is 0 Å². The van der Waals surface area contributed by atoms with Gasteiger partial charge in [-0.1, -0.05) is 12.1 Å². The molecule has 1 aromatic carbocycles. The maximum Gasteiger partial charge on any atom is 0.129 e. The highest BCUT2D eigenvalue weighted by Gasteiger charge is 2.25. The number of nitrogens with zero attached hydrogens (tertiary/aromatic N) is 2. The van der Waals surface area contributed by atoms with Gasteiger partial charge in [0.1, 0.15) is 11.6 Å². The molecule has 2 N–H and O–H groups in total. The van der Waals surface area contributed by atoms with Gasteiger partial charge in [-0.05, 0) is 30.5 Å². The van der Waals surface area contributed by atoms with Crippen LogP contribution >= 0.6 is 0 Å². The van der Waals surface area contributed by atoms with E-state index < -0.39 is 0 Å². The SMILES string of the molecule is COc1cccc(-c2c(C3CCOCC3)nn(C)c2N)c1. The van der Waals surface area contributed by atoms with Gasteiger partial charge in [0.2, 0.25) is 0 Å². The molecule has 1 aromatic heterocycles. The highest BCUT2D eigenvalue weighted by Crippen LogP contribution is 2.38. The Kier molecular flexibility index (Phi) is 3.84. The summed E-state index contributed by atoms with van der Waals surface area (Å²) in [5.74, 6) is 1.93. The van der Waals surface area contributed by atoms with Crippen LogP contribution in [-0.4, -0.2) is 30.1 Å². The first-order chi connectivity index (χ1) is 10.2. The Labute approximate surface area is 124 Å². The number of anilines is 1. The van der Waals surface area contributed by atoms with Crippen molar-refractivity contribution in [1.82, 2.24) is 9.78 Å². The van der Waals surface area contributed by atoms with Crippen molar-refractivity contribution >= 4 is 5.82 Å². The van der Waals surface area contributed by atoms with Crippen molar-refractivity contribution in [2.45, 2.75) is 18.8 Å². The molecule has 1 aliphatic rings. The number of nitrogen functional groups attached to an aromatic ring is 1. The van der Waals surface area contributed by atoms with Crippen molar-refractivity contribution in [3.05, 3.63) is 30.0 Å². The molecular formula is C16H21N3O2. The third-order valence-corrected chi connectivity index (χ3v) is 4.09. The number of benzene rings is 1. The number of ether oxygens (including phenoxy) is 2. The van der Waals surface area contributed by atoms with E-state index in [1.165, 1.54) is 0 Å². The minimum absolute atomic E-state index is 0.406. The Balaban J connectivity index is 2.07. The van der Waals surface area contributed by atoms with Crippen molar-refractivity contribution in [2.75, 3.05) is 26.1 Å². The van der Waals surface area contributed by atoms with Crippen molar-refractivity contribution in [3.8, 4) is 16.9 Å². The first kappa shape index (κ1) is 13.9. The highest BCUT2D eigenvalue weighted by molar-refractivity contribution is 5.78. The average molecular weight is 287 g/mol. The standard InChI is InChI=1S/C16H21N3O2/c1-19-16(17)14(12-4-3-5-13(10-12)20-2)15(18-19)11-6-8-21-9-7-11/h3-5,10-11H,6-9,17H2,1-2H3. The molecule has 2 aromatic rings. The third-order valence-electron chi connectivity index (χ3n) is 4.09. The van der Waals surface area contributed by atoms with Gasteiger partial charge in [0, 0.05) is 31.7 Å². The molecule has 0 radical (unpaired) electrons. The van der Waals surface area contributed by atoms with E-state index in [0.29, 0.717) is 11.7 Å². The number of hydrogen-bond donors (Lipinski definition) is 1. The van der Waals surface area contributed by atoms with Crippen LogP contribution in [-0.2, 0) is 11.8 Å². The van der Waals surface area contributed by atoms with Gasteiger partial charge in [-0.3, -0.25) is 4.68 Å². The minimum atomic E-state index is 0.406. The van der Waals surface area contributed by atoms with Gasteiger partial charge in [-0.25, -0.2) is 0 Å². The van der Waals surface area contributed by atoms with Crippen molar-refractivity contribution in [1.29, 1.82) is 0 Å². The number of aryl methyl sites for hydroxylation is 1. The van der Waals surface area contributed by atoms with Gasteiger partial charge in [0.05, 0.1) is 12.8 Å². The van der Waals surface area contributed by atoms with Crippen LogP contribution in [0.5, 0.6) is 5.75 Å². The summed E-state index contributed by atoms with van der Waals surface area (Å²) in [6.07, 6.45) is 1.99. The third kappa shape index (κ3) is 2.61. The van der Waals surface area contributed by atoms with Gasteiger partial charge < -0.3 is 15.2 Å². The topological polar surface area (TPSA) is 62.3 Å². The summed E-state index contributed by atoms with van der Waals surface area (Å²) in [6, 6.07) is 7.98. The van der Waals surface area contributed by atoms with Crippen LogP contribution in [0.1, 0.15) is 24.5 Å². The van der Waals surface area contributed by atoms with Gasteiger partial charge in [0.15, 0.2) is 0 Å². The first-order valence-electron chi connectivity index (χ1n) is 7.25. The average Bonchev–Trinajstić information content (AvgIpc) is 2.84. The lowest BCUT2D eigenvalue weighted by Crippen LogP contribution is -2.15. The number of rotatable bonds is 3. The molecule has 0 atom stereocenters. The first-order valence-corrected chi connectivity index (χ1v) is 7.25. The summed E-state index contributed by atoms with van der Waals surface area (Å²) in [6.45, 7) is 1.58. The fourth-order valence-corrected chi connectivity index (χ4v) is 2.89. The number of hydrogen-bond acceptors (Lipinski definition) is 4. The summed E-state index contributed by atoms with van der Waals surface area (Å²) in [5, 5.41) is 4.66. The monoisotopic (exact) mass is 287 g/mol. The lowest BCUT2D eigenvalue weighted by atomic mass is 9.91. The van der Waals surface area contributed by atoms with Crippen LogP contribution in [0.15, 0.2) is 24.3 Å². The second kappa shape index (κ2) is 5.77. The molecule has 21 heavy (non-hydrogen) atoms. The molecule has 0 aliphatic carbocycles. The molecule has 2 heterocycles. The van der Waals surface area contributed by atoms with E-state index in [4.69, 9.17) is 15.2 Å². The predicted octanol–water partition coefficient (Wildman–Crippen LogP) is 2.57. The number of methoxy groups -OCH3 is 1. The van der Waals surface area contributed by atoms with Gasteiger partial charge in [0.25, 0.3) is 0 Å². The number of nitrogens with two attached hydrogens (primary N) is 1. The Morgan fingerprint density at radius 1 is 1.33 bits per heavy atom. The van der Waals surface area contributed by atoms with Crippen LogP contribution in [0.2, 0.25) is 0 Å². The lowest BCUT2D eigenvalue weighted by molar-refractivity contribution is 0.0845. The fourth-order valence-electron chi connectivity index (χ4n) is 2.89. The van der Waals surface area contributed by atoms with Crippen molar-refractivity contribution in [2.24, 2.45) is 7.05 Å². The molecule has 1 saturated heterocycles. The maximum absolute atomic E-state index is 6.26. The summed E-state index contributed by atoms with van der Waals surface area (Å²) in [7, 11) is 3.56. The van der Waals surface area contributed by atoms with Gasteiger partial charge in [-0.15, -0.1) is 0 Å². The van der Waals surface area contributed by atoms with E-state index in [0.717, 1.165) is 48.6 Å². The minimum Gasteiger partial charge on any atom is -0.497 e. The molecule has 1 aliphatic heterocycles. The Bertz CT molecular complexity index is 630. The molecule has 0 spiro atoms. The smallest absolute Gasteiger partial charge is 0.129 e. The van der Waals surface area contributed by atoms with Crippen LogP contribution < -0.4 is 10.5 Å². The summed E-state index contributed by atoms with van der Waals surface area (Å²) in [5.41, 5.74) is 9.43. The molecule has 5 heteroatoms. The van der Waals surface area contributed by atoms with Crippen molar-refractivity contribution in [3.63, 3.8) is 0 Å². The molecule has 0 unspecified atom stereocenters. The summed E-state index contributed by atoms with van der Waals surface area (Å²) < 4.78 is 12.5. The molecule has 5 nitrogen and oxygen atoms in total. The molecule has 0 bridgehead atoms. The zero-order valence-electron chi connectivity index (χ0n) is 12.5. The lowest BCUT2D eigenvalue weighted by Gasteiger charge is -2.21. The van der Waals surface area contributed by atoms with Gasteiger partial charge in [-0.2, -0.15) is 5.10 Å².